The highest BCUT2D eigenvalue weighted by Crippen LogP contribution is 2.27. The lowest BCUT2D eigenvalue weighted by Crippen LogP contribution is -2.05. The minimum absolute atomic E-state index is 0.0143. The Labute approximate surface area is 127 Å². The maximum atomic E-state index is 11.4. The molecular formula is C13H10BrN5O2. The van der Waals surface area contributed by atoms with Gasteiger partial charge in [0.15, 0.2) is 0 Å². The highest BCUT2D eigenvalue weighted by atomic mass is 79.9. The molecule has 0 spiro atoms. The second-order valence-electron chi connectivity index (χ2n) is 4.23. The number of benzene rings is 1. The number of aromatic nitrogens is 4. The standard InChI is InChI=1S/C13H10BrN5O2/c1-21-13(20)12-17-6-19(18-12)10-3-2-9(15)8-4-7(14)5-16-11(8)10/h2-6H,15H2,1H3. The predicted molar refractivity (Wildman–Crippen MR) is 80.1 cm³/mol. The SMILES string of the molecule is COC(=O)c1ncn(-c2ccc(N)c3cc(Br)cnc23)n1. The molecule has 0 aliphatic rings. The van der Waals surface area contributed by atoms with Crippen LogP contribution in [-0.2, 0) is 4.74 Å². The third-order valence-corrected chi connectivity index (χ3v) is 3.37. The summed E-state index contributed by atoms with van der Waals surface area (Å²) in [7, 11) is 1.28. The Morgan fingerprint density at radius 1 is 1.38 bits per heavy atom. The third kappa shape index (κ3) is 2.33. The molecule has 0 bridgehead atoms. The Hall–Kier alpha value is -2.48. The number of carbonyl (C=O) groups excluding carboxylic acids is 1. The van der Waals surface area contributed by atoms with E-state index in [0.717, 1.165) is 9.86 Å². The minimum Gasteiger partial charge on any atom is -0.463 e. The van der Waals surface area contributed by atoms with Crippen LogP contribution in [0.4, 0.5) is 5.69 Å². The zero-order valence-corrected chi connectivity index (χ0v) is 12.5. The molecule has 0 atom stereocenters. The van der Waals surface area contributed by atoms with Gasteiger partial charge in [-0.1, -0.05) is 0 Å². The summed E-state index contributed by atoms with van der Waals surface area (Å²) in [6.07, 6.45) is 3.10. The van der Waals surface area contributed by atoms with Gasteiger partial charge < -0.3 is 10.5 Å². The number of nitrogens with zero attached hydrogens (tertiary/aromatic N) is 4. The van der Waals surface area contributed by atoms with Crippen molar-refractivity contribution in [2.75, 3.05) is 12.8 Å². The second kappa shape index (κ2) is 5.13. The average molecular weight is 348 g/mol. The van der Waals surface area contributed by atoms with Crippen molar-refractivity contribution in [2.45, 2.75) is 0 Å². The molecular weight excluding hydrogens is 338 g/mol. The molecule has 0 unspecified atom stereocenters. The quantitative estimate of drug-likeness (QED) is 0.562. The first-order chi connectivity index (χ1) is 10.1. The number of ether oxygens (including phenoxy) is 1. The van der Waals surface area contributed by atoms with Gasteiger partial charge in [0.25, 0.3) is 5.82 Å². The van der Waals surface area contributed by atoms with E-state index >= 15 is 0 Å². The minimum atomic E-state index is -0.593. The number of rotatable bonds is 2. The topological polar surface area (TPSA) is 95.9 Å². The van der Waals surface area contributed by atoms with E-state index in [4.69, 9.17) is 5.73 Å². The summed E-state index contributed by atoms with van der Waals surface area (Å²) in [6, 6.07) is 5.40. The summed E-state index contributed by atoms with van der Waals surface area (Å²) in [5.41, 5.74) is 7.92. The fourth-order valence-electron chi connectivity index (χ4n) is 1.95. The monoisotopic (exact) mass is 347 g/mol. The van der Waals surface area contributed by atoms with Gasteiger partial charge in [0, 0.05) is 21.7 Å². The number of nitrogens with two attached hydrogens (primary N) is 1. The van der Waals surface area contributed by atoms with Crippen molar-refractivity contribution >= 4 is 38.5 Å². The molecule has 7 nitrogen and oxygen atoms in total. The van der Waals surface area contributed by atoms with Crippen LogP contribution in [0, 0.1) is 0 Å². The summed E-state index contributed by atoms with van der Waals surface area (Å²) in [4.78, 5) is 19.7. The molecule has 0 aliphatic heterocycles. The van der Waals surface area contributed by atoms with E-state index in [1.165, 1.54) is 18.1 Å². The van der Waals surface area contributed by atoms with E-state index in [2.05, 4.69) is 35.7 Å². The molecule has 2 aromatic heterocycles. The first-order valence-corrected chi connectivity index (χ1v) is 6.73. The number of carbonyl (C=O) groups is 1. The maximum absolute atomic E-state index is 11.4. The summed E-state index contributed by atoms with van der Waals surface area (Å²) in [6.45, 7) is 0. The summed E-state index contributed by atoms with van der Waals surface area (Å²) < 4.78 is 6.88. The average Bonchev–Trinajstić information content (AvgIpc) is 2.97. The summed E-state index contributed by atoms with van der Waals surface area (Å²) in [5.74, 6) is -0.608. The van der Waals surface area contributed by atoms with Crippen LogP contribution in [0.25, 0.3) is 16.6 Å². The molecule has 0 amide bonds. The van der Waals surface area contributed by atoms with Crippen molar-refractivity contribution < 1.29 is 9.53 Å². The number of fused-ring (bicyclic) bond motifs is 1. The van der Waals surface area contributed by atoms with Gasteiger partial charge >= 0.3 is 5.97 Å². The number of hydrogen-bond acceptors (Lipinski definition) is 6. The Balaban J connectivity index is 2.19. The number of esters is 1. The molecule has 106 valence electrons. The lowest BCUT2D eigenvalue weighted by Gasteiger charge is -2.07. The van der Waals surface area contributed by atoms with Gasteiger partial charge in [-0.3, -0.25) is 4.98 Å². The molecule has 3 rings (SSSR count). The molecule has 0 saturated heterocycles. The Morgan fingerprint density at radius 3 is 2.95 bits per heavy atom. The molecule has 3 aromatic rings. The van der Waals surface area contributed by atoms with Crippen LogP contribution in [0.2, 0.25) is 0 Å². The smallest absolute Gasteiger partial charge is 0.377 e. The maximum Gasteiger partial charge on any atom is 0.377 e. The molecule has 0 aliphatic carbocycles. The van der Waals surface area contributed by atoms with Crippen LogP contribution < -0.4 is 5.73 Å². The Morgan fingerprint density at radius 2 is 2.19 bits per heavy atom. The number of nitrogen functional groups attached to an aromatic ring is 1. The first kappa shape index (κ1) is 13.5. The van der Waals surface area contributed by atoms with Crippen LogP contribution in [-0.4, -0.2) is 32.8 Å². The van der Waals surface area contributed by atoms with Crippen molar-refractivity contribution in [3.63, 3.8) is 0 Å². The van der Waals surface area contributed by atoms with Crippen molar-refractivity contribution in [3.05, 3.63) is 41.0 Å². The van der Waals surface area contributed by atoms with Gasteiger partial charge in [0.1, 0.15) is 6.33 Å². The van der Waals surface area contributed by atoms with Crippen LogP contribution >= 0.6 is 15.9 Å². The molecule has 8 heteroatoms. The second-order valence-corrected chi connectivity index (χ2v) is 5.14. The first-order valence-electron chi connectivity index (χ1n) is 5.94. The van der Waals surface area contributed by atoms with E-state index in [0.29, 0.717) is 16.9 Å². The Bertz CT molecular complexity index is 846. The normalized spacial score (nSPS) is 10.8. The molecule has 0 radical (unpaired) electrons. The molecule has 2 heterocycles. The van der Waals surface area contributed by atoms with Gasteiger partial charge in [-0.15, -0.1) is 5.10 Å². The fraction of sp³-hybridized carbons (Fsp3) is 0.0769. The summed E-state index contributed by atoms with van der Waals surface area (Å²) in [5, 5.41) is 4.88. The van der Waals surface area contributed by atoms with Crippen LogP contribution in [0.5, 0.6) is 0 Å². The predicted octanol–water partition coefficient (Wildman–Crippen LogP) is 1.95. The Kier molecular flexibility index (Phi) is 3.30. The number of methoxy groups -OCH3 is 1. The molecule has 0 fully saturated rings. The highest BCUT2D eigenvalue weighted by Gasteiger charge is 2.14. The van der Waals surface area contributed by atoms with Crippen molar-refractivity contribution in [1.82, 2.24) is 19.7 Å². The zero-order chi connectivity index (χ0) is 15.0. The fourth-order valence-corrected chi connectivity index (χ4v) is 2.28. The van der Waals surface area contributed by atoms with Crippen molar-refractivity contribution in [3.8, 4) is 5.69 Å². The number of halogens is 1. The molecule has 0 saturated carbocycles. The number of anilines is 1. The van der Waals surface area contributed by atoms with E-state index in [-0.39, 0.29) is 5.82 Å². The highest BCUT2D eigenvalue weighted by molar-refractivity contribution is 9.10. The van der Waals surface area contributed by atoms with E-state index in [1.54, 1.807) is 18.3 Å². The van der Waals surface area contributed by atoms with Gasteiger partial charge in [-0.05, 0) is 34.1 Å². The van der Waals surface area contributed by atoms with E-state index < -0.39 is 5.97 Å². The van der Waals surface area contributed by atoms with Gasteiger partial charge in [-0.2, -0.15) is 0 Å². The zero-order valence-electron chi connectivity index (χ0n) is 10.9. The van der Waals surface area contributed by atoms with Crippen LogP contribution in [0.15, 0.2) is 35.2 Å². The largest absolute Gasteiger partial charge is 0.463 e. The number of hydrogen-bond donors (Lipinski definition) is 1. The molecule has 2 N–H and O–H groups in total. The number of pyridine rings is 1. The lowest BCUT2D eigenvalue weighted by atomic mass is 10.1. The van der Waals surface area contributed by atoms with Gasteiger partial charge in [0.05, 0.1) is 18.3 Å². The van der Waals surface area contributed by atoms with Gasteiger partial charge in [-0.25, -0.2) is 14.5 Å². The molecule has 1 aromatic carbocycles. The van der Waals surface area contributed by atoms with Crippen LogP contribution in [0.1, 0.15) is 10.6 Å². The van der Waals surface area contributed by atoms with Crippen LogP contribution in [0.3, 0.4) is 0 Å². The van der Waals surface area contributed by atoms with E-state index in [1.807, 2.05) is 6.07 Å². The summed E-state index contributed by atoms with van der Waals surface area (Å²) >= 11 is 3.37. The van der Waals surface area contributed by atoms with Crippen molar-refractivity contribution in [2.24, 2.45) is 0 Å². The van der Waals surface area contributed by atoms with Gasteiger partial charge in [0.2, 0.25) is 0 Å². The van der Waals surface area contributed by atoms with E-state index in [9.17, 15) is 4.79 Å². The molecule has 21 heavy (non-hydrogen) atoms. The van der Waals surface area contributed by atoms with Crippen molar-refractivity contribution in [1.29, 1.82) is 0 Å². The third-order valence-electron chi connectivity index (χ3n) is 2.94. The lowest BCUT2D eigenvalue weighted by molar-refractivity contribution is 0.0587.